The molecule has 146 valence electrons. The Labute approximate surface area is 164 Å². The lowest BCUT2D eigenvalue weighted by molar-refractivity contribution is -0.384. The van der Waals surface area contributed by atoms with Gasteiger partial charge in [-0.2, -0.15) is 0 Å². The molecule has 0 saturated heterocycles. The number of thiophene rings is 1. The number of nitro groups is 1. The number of methoxy groups -OCH3 is 1. The first kappa shape index (κ1) is 19.5. The molecule has 28 heavy (non-hydrogen) atoms. The van der Waals surface area contributed by atoms with E-state index in [2.05, 4.69) is 10.3 Å². The molecule has 0 aliphatic rings. The van der Waals surface area contributed by atoms with E-state index in [-0.39, 0.29) is 17.9 Å². The Hall–Kier alpha value is -3.24. The molecule has 10 heteroatoms. The Morgan fingerprint density at radius 2 is 2.25 bits per heavy atom. The first-order chi connectivity index (χ1) is 13.6. The lowest BCUT2D eigenvalue weighted by Crippen LogP contribution is -2.13. The molecule has 0 fully saturated rings. The van der Waals surface area contributed by atoms with Gasteiger partial charge in [-0.25, -0.2) is 9.78 Å². The molecule has 3 aromatic rings. The van der Waals surface area contributed by atoms with Gasteiger partial charge >= 0.3 is 5.97 Å². The second kappa shape index (κ2) is 9.11. The third kappa shape index (κ3) is 4.72. The van der Waals surface area contributed by atoms with Crippen LogP contribution in [-0.4, -0.2) is 36.1 Å². The van der Waals surface area contributed by atoms with Crippen LogP contribution in [0.3, 0.4) is 0 Å². The van der Waals surface area contributed by atoms with E-state index in [4.69, 9.17) is 13.9 Å². The summed E-state index contributed by atoms with van der Waals surface area (Å²) in [5.74, 6) is -0.261. The molecule has 0 radical (unpaired) electrons. The quantitative estimate of drug-likeness (QED) is 0.249. The van der Waals surface area contributed by atoms with E-state index in [1.54, 1.807) is 7.11 Å². The molecule has 0 spiro atoms. The molecule has 0 aliphatic carbocycles. The lowest BCUT2D eigenvalue weighted by Gasteiger charge is -2.11. The summed E-state index contributed by atoms with van der Waals surface area (Å²) in [6.45, 7) is 0.728. The van der Waals surface area contributed by atoms with Gasteiger partial charge < -0.3 is 19.2 Å². The molecule has 2 aromatic heterocycles. The van der Waals surface area contributed by atoms with Crippen molar-refractivity contribution in [1.29, 1.82) is 0 Å². The summed E-state index contributed by atoms with van der Waals surface area (Å²) in [5.41, 5.74) is 0.723. The van der Waals surface area contributed by atoms with Gasteiger partial charge in [0.15, 0.2) is 0 Å². The number of rotatable bonds is 9. The molecular formula is C18H17N3O6S. The van der Waals surface area contributed by atoms with Crippen molar-refractivity contribution < 1.29 is 23.6 Å². The zero-order valence-corrected chi connectivity index (χ0v) is 15.7. The van der Waals surface area contributed by atoms with Crippen molar-refractivity contribution in [2.75, 3.05) is 25.6 Å². The van der Waals surface area contributed by atoms with Crippen molar-refractivity contribution >= 4 is 28.7 Å². The van der Waals surface area contributed by atoms with Crippen LogP contribution in [0, 0.1) is 10.1 Å². The first-order valence-corrected chi connectivity index (χ1v) is 9.13. The van der Waals surface area contributed by atoms with Gasteiger partial charge in [0.1, 0.15) is 18.6 Å². The monoisotopic (exact) mass is 403 g/mol. The predicted octanol–water partition coefficient (Wildman–Crippen LogP) is 3.73. The summed E-state index contributed by atoms with van der Waals surface area (Å²) in [5, 5.41) is 15.9. The summed E-state index contributed by atoms with van der Waals surface area (Å²) in [4.78, 5) is 28.1. The van der Waals surface area contributed by atoms with Gasteiger partial charge in [-0.15, -0.1) is 11.3 Å². The lowest BCUT2D eigenvalue weighted by atomic mass is 10.1. The topological polar surface area (TPSA) is 117 Å². The molecule has 0 aliphatic heterocycles. The highest BCUT2D eigenvalue weighted by Gasteiger charge is 2.19. The van der Waals surface area contributed by atoms with E-state index >= 15 is 0 Å². The van der Waals surface area contributed by atoms with Crippen molar-refractivity contribution in [2.45, 2.75) is 6.61 Å². The van der Waals surface area contributed by atoms with E-state index in [0.717, 1.165) is 4.88 Å². The van der Waals surface area contributed by atoms with Crippen molar-refractivity contribution in [3.05, 3.63) is 63.3 Å². The Kier molecular flexibility index (Phi) is 6.35. The Balaban J connectivity index is 1.71. The Bertz CT molecular complexity index is 954. The molecule has 0 bridgehead atoms. The maximum Gasteiger partial charge on any atom is 0.340 e. The fraction of sp³-hybridized carbons (Fsp3) is 0.222. The number of aromatic nitrogens is 1. The van der Waals surface area contributed by atoms with Crippen molar-refractivity contribution in [3.8, 4) is 10.8 Å². The van der Waals surface area contributed by atoms with Crippen LogP contribution in [0.4, 0.5) is 11.4 Å². The largest absolute Gasteiger partial charge is 0.455 e. The standard InChI is InChI=1S/C18H17N3O6S/c1-25-7-6-19-15-5-4-13(21(23)24)9-14(15)18(22)27-11-12-10-26-17(20-12)16-3-2-8-28-16/h2-5,8-10,19H,6-7,11H2,1H3. The molecular weight excluding hydrogens is 386 g/mol. The second-order valence-corrected chi connectivity index (χ2v) is 6.55. The van der Waals surface area contributed by atoms with Crippen LogP contribution >= 0.6 is 11.3 Å². The van der Waals surface area contributed by atoms with Crippen LogP contribution in [-0.2, 0) is 16.1 Å². The van der Waals surface area contributed by atoms with Gasteiger partial charge in [0.25, 0.3) is 5.69 Å². The van der Waals surface area contributed by atoms with Gasteiger partial charge in [-0.3, -0.25) is 10.1 Å². The fourth-order valence-electron chi connectivity index (χ4n) is 2.36. The minimum Gasteiger partial charge on any atom is -0.455 e. The zero-order valence-electron chi connectivity index (χ0n) is 14.9. The van der Waals surface area contributed by atoms with E-state index < -0.39 is 10.9 Å². The van der Waals surface area contributed by atoms with Gasteiger partial charge in [-0.05, 0) is 17.5 Å². The minimum atomic E-state index is -0.704. The summed E-state index contributed by atoms with van der Waals surface area (Å²) >= 11 is 1.48. The number of oxazole rings is 1. The number of benzene rings is 1. The molecule has 3 rings (SSSR count). The van der Waals surface area contributed by atoms with Gasteiger partial charge in [-0.1, -0.05) is 6.07 Å². The van der Waals surface area contributed by atoms with Crippen LogP contribution in [0.15, 0.2) is 46.4 Å². The maximum absolute atomic E-state index is 12.5. The number of esters is 1. The average Bonchev–Trinajstić information content (AvgIpc) is 3.38. The predicted molar refractivity (Wildman–Crippen MR) is 102 cm³/mol. The molecule has 0 unspecified atom stereocenters. The summed E-state index contributed by atoms with van der Waals surface area (Å²) in [6, 6.07) is 7.71. The van der Waals surface area contributed by atoms with Crippen LogP contribution in [0.25, 0.3) is 10.8 Å². The number of anilines is 1. The number of hydrogen-bond donors (Lipinski definition) is 1. The van der Waals surface area contributed by atoms with E-state index in [1.807, 2.05) is 17.5 Å². The molecule has 9 nitrogen and oxygen atoms in total. The third-order valence-corrected chi connectivity index (χ3v) is 4.55. The normalized spacial score (nSPS) is 10.6. The number of hydrogen-bond acceptors (Lipinski definition) is 9. The smallest absolute Gasteiger partial charge is 0.340 e. The number of ether oxygens (including phenoxy) is 2. The SMILES string of the molecule is COCCNc1ccc([N+](=O)[O-])cc1C(=O)OCc1coc(-c2cccs2)n1. The third-order valence-electron chi connectivity index (χ3n) is 3.69. The summed E-state index contributed by atoms with van der Waals surface area (Å²) in [7, 11) is 1.55. The van der Waals surface area contributed by atoms with E-state index in [9.17, 15) is 14.9 Å². The highest BCUT2D eigenvalue weighted by Crippen LogP contribution is 2.25. The summed E-state index contributed by atoms with van der Waals surface area (Å²) < 4.78 is 15.6. The highest BCUT2D eigenvalue weighted by atomic mass is 32.1. The first-order valence-electron chi connectivity index (χ1n) is 8.25. The van der Waals surface area contributed by atoms with E-state index in [1.165, 1.54) is 35.8 Å². The fourth-order valence-corrected chi connectivity index (χ4v) is 3.02. The number of carbonyl (C=O) groups is 1. The van der Waals surface area contributed by atoms with Crippen molar-refractivity contribution in [3.63, 3.8) is 0 Å². The van der Waals surface area contributed by atoms with Gasteiger partial charge in [0, 0.05) is 31.5 Å². The van der Waals surface area contributed by atoms with Crippen molar-refractivity contribution in [1.82, 2.24) is 4.98 Å². The molecule has 1 N–H and O–H groups in total. The summed E-state index contributed by atoms with van der Waals surface area (Å²) in [6.07, 6.45) is 1.41. The Morgan fingerprint density at radius 1 is 1.39 bits per heavy atom. The number of nitrogens with one attached hydrogen (secondary N) is 1. The van der Waals surface area contributed by atoms with Crippen molar-refractivity contribution in [2.24, 2.45) is 0 Å². The number of carbonyl (C=O) groups excluding carboxylic acids is 1. The van der Waals surface area contributed by atoms with Crippen LogP contribution in [0.5, 0.6) is 0 Å². The maximum atomic E-state index is 12.5. The van der Waals surface area contributed by atoms with Gasteiger partial charge in [0.05, 0.1) is 22.0 Å². The van der Waals surface area contributed by atoms with Crippen LogP contribution in [0.2, 0.25) is 0 Å². The molecule has 2 heterocycles. The minimum absolute atomic E-state index is 0.0623. The number of nitro benzene ring substituents is 1. The molecule has 0 amide bonds. The second-order valence-electron chi connectivity index (χ2n) is 5.60. The number of nitrogens with zero attached hydrogens (tertiary/aromatic N) is 2. The highest BCUT2D eigenvalue weighted by molar-refractivity contribution is 7.13. The van der Waals surface area contributed by atoms with Crippen LogP contribution in [0.1, 0.15) is 16.1 Å². The molecule has 1 aromatic carbocycles. The molecule has 0 saturated carbocycles. The Morgan fingerprint density at radius 3 is 2.96 bits per heavy atom. The average molecular weight is 403 g/mol. The number of non-ortho nitro benzene ring substituents is 1. The molecule has 0 atom stereocenters. The van der Waals surface area contributed by atoms with Gasteiger partial charge in [0.2, 0.25) is 5.89 Å². The van der Waals surface area contributed by atoms with Crippen LogP contribution < -0.4 is 5.32 Å². The van der Waals surface area contributed by atoms with E-state index in [0.29, 0.717) is 30.4 Å². The zero-order chi connectivity index (χ0) is 19.9.